The van der Waals surface area contributed by atoms with Gasteiger partial charge in [0, 0.05) is 37.3 Å². The molecular weight excluding hydrogens is 372 g/mol. The molecule has 4 heteroatoms. The van der Waals surface area contributed by atoms with E-state index in [0.29, 0.717) is 13.2 Å². The first kappa shape index (κ1) is 18.9. The van der Waals surface area contributed by atoms with Crippen LogP contribution in [-0.4, -0.2) is 26.3 Å². The Morgan fingerprint density at radius 3 is 1.50 bits per heavy atom. The molecule has 0 atom stereocenters. The highest BCUT2D eigenvalue weighted by molar-refractivity contribution is 5.88. The maximum Gasteiger partial charge on any atom is 0.124 e. The second-order valence-electron chi connectivity index (χ2n) is 7.58. The van der Waals surface area contributed by atoms with E-state index in [-0.39, 0.29) is 0 Å². The van der Waals surface area contributed by atoms with Gasteiger partial charge in [0.2, 0.25) is 0 Å². The van der Waals surface area contributed by atoms with Crippen molar-refractivity contribution in [3.05, 3.63) is 83.9 Å². The van der Waals surface area contributed by atoms with E-state index in [9.17, 15) is 0 Å². The fourth-order valence-corrected chi connectivity index (χ4v) is 4.17. The standard InChI is InChI=1S/C26H26N2O2/c1-3-7-21-19(5-1)9-11-25-23(21)17-27-13-14-28-18-24-22-8-4-2-6-20(22)10-12-26(24)30-16-15-29-25/h1-12,27-28H,13-18H2. The summed E-state index contributed by atoms with van der Waals surface area (Å²) in [5.74, 6) is 1.85. The van der Waals surface area contributed by atoms with Gasteiger partial charge in [0.05, 0.1) is 0 Å². The Hall–Kier alpha value is -3.08. The molecule has 4 nitrogen and oxygen atoms in total. The zero-order chi connectivity index (χ0) is 20.2. The molecule has 0 fully saturated rings. The fourth-order valence-electron chi connectivity index (χ4n) is 4.17. The van der Waals surface area contributed by atoms with E-state index in [1.165, 1.54) is 32.7 Å². The molecule has 1 heterocycles. The Kier molecular flexibility index (Phi) is 5.51. The van der Waals surface area contributed by atoms with E-state index in [2.05, 4.69) is 83.4 Å². The molecule has 152 valence electrons. The van der Waals surface area contributed by atoms with Crippen molar-refractivity contribution >= 4 is 21.5 Å². The smallest absolute Gasteiger partial charge is 0.124 e. The lowest BCUT2D eigenvalue weighted by atomic mass is 10.0. The Morgan fingerprint density at radius 1 is 0.533 bits per heavy atom. The van der Waals surface area contributed by atoms with Crippen LogP contribution in [0.5, 0.6) is 11.5 Å². The van der Waals surface area contributed by atoms with Crippen LogP contribution in [0, 0.1) is 0 Å². The second-order valence-corrected chi connectivity index (χ2v) is 7.58. The summed E-state index contributed by atoms with van der Waals surface area (Å²) < 4.78 is 12.3. The van der Waals surface area contributed by atoms with Crippen molar-refractivity contribution in [2.45, 2.75) is 13.1 Å². The van der Waals surface area contributed by atoms with E-state index in [1.54, 1.807) is 0 Å². The van der Waals surface area contributed by atoms with Gasteiger partial charge in [-0.1, -0.05) is 60.7 Å². The lowest BCUT2D eigenvalue weighted by Gasteiger charge is -2.18. The molecule has 5 rings (SSSR count). The predicted molar refractivity (Wildman–Crippen MR) is 122 cm³/mol. The van der Waals surface area contributed by atoms with Crippen LogP contribution in [0.3, 0.4) is 0 Å². The summed E-state index contributed by atoms with van der Waals surface area (Å²) in [6.07, 6.45) is 0. The highest BCUT2D eigenvalue weighted by Gasteiger charge is 2.12. The van der Waals surface area contributed by atoms with E-state index in [1.807, 2.05) is 0 Å². The molecule has 0 spiro atoms. The maximum atomic E-state index is 6.16. The minimum atomic E-state index is 0.505. The van der Waals surface area contributed by atoms with Gasteiger partial charge < -0.3 is 20.1 Å². The lowest BCUT2D eigenvalue weighted by molar-refractivity contribution is 0.214. The summed E-state index contributed by atoms with van der Waals surface area (Å²) in [7, 11) is 0. The Labute approximate surface area is 176 Å². The molecule has 0 bridgehead atoms. The molecule has 1 aliphatic heterocycles. The normalized spacial score (nSPS) is 15.5. The maximum absolute atomic E-state index is 6.16. The van der Waals surface area contributed by atoms with Gasteiger partial charge in [-0.25, -0.2) is 0 Å². The van der Waals surface area contributed by atoms with E-state index >= 15 is 0 Å². The molecule has 4 aromatic carbocycles. The monoisotopic (exact) mass is 398 g/mol. The minimum absolute atomic E-state index is 0.505. The van der Waals surface area contributed by atoms with E-state index in [4.69, 9.17) is 9.47 Å². The van der Waals surface area contributed by atoms with Crippen LogP contribution in [0.2, 0.25) is 0 Å². The molecule has 0 unspecified atom stereocenters. The molecule has 0 radical (unpaired) electrons. The predicted octanol–water partition coefficient (Wildman–Crippen LogP) is 4.64. The zero-order valence-electron chi connectivity index (χ0n) is 17.0. The summed E-state index contributed by atoms with van der Waals surface area (Å²) in [6.45, 7) is 4.32. The molecule has 0 saturated carbocycles. The average Bonchev–Trinajstić information content (AvgIpc) is 2.79. The first-order chi connectivity index (χ1) is 14.9. The first-order valence-electron chi connectivity index (χ1n) is 10.6. The molecule has 0 aliphatic carbocycles. The van der Waals surface area contributed by atoms with Crippen LogP contribution in [0.15, 0.2) is 72.8 Å². The van der Waals surface area contributed by atoms with Crippen LogP contribution >= 0.6 is 0 Å². The van der Waals surface area contributed by atoms with Crippen LogP contribution in [-0.2, 0) is 13.1 Å². The summed E-state index contributed by atoms with van der Waals surface area (Å²) in [5, 5.41) is 12.1. The van der Waals surface area contributed by atoms with Crippen molar-refractivity contribution in [1.29, 1.82) is 0 Å². The molecule has 2 N–H and O–H groups in total. The zero-order valence-corrected chi connectivity index (χ0v) is 17.0. The van der Waals surface area contributed by atoms with Gasteiger partial charge in [0.1, 0.15) is 24.7 Å². The van der Waals surface area contributed by atoms with Gasteiger partial charge in [-0.2, -0.15) is 0 Å². The van der Waals surface area contributed by atoms with E-state index < -0.39 is 0 Å². The van der Waals surface area contributed by atoms with Gasteiger partial charge in [0.25, 0.3) is 0 Å². The first-order valence-corrected chi connectivity index (χ1v) is 10.6. The van der Waals surface area contributed by atoms with Crippen LogP contribution < -0.4 is 20.1 Å². The van der Waals surface area contributed by atoms with Gasteiger partial charge >= 0.3 is 0 Å². The second kappa shape index (κ2) is 8.74. The summed E-state index contributed by atoms with van der Waals surface area (Å²) in [6, 6.07) is 25.3. The molecule has 1 aliphatic rings. The van der Waals surface area contributed by atoms with Gasteiger partial charge in [-0.15, -0.1) is 0 Å². The van der Waals surface area contributed by atoms with Gasteiger partial charge in [-0.05, 0) is 33.7 Å². The number of nitrogens with one attached hydrogen (secondary N) is 2. The van der Waals surface area contributed by atoms with Crippen LogP contribution in [0.1, 0.15) is 11.1 Å². The largest absolute Gasteiger partial charge is 0.490 e. The number of rotatable bonds is 0. The number of hydrogen-bond donors (Lipinski definition) is 2. The third-order valence-electron chi connectivity index (χ3n) is 5.68. The summed E-state index contributed by atoms with van der Waals surface area (Å²) in [5.41, 5.74) is 2.41. The van der Waals surface area contributed by atoms with Gasteiger partial charge in [-0.3, -0.25) is 0 Å². The fraction of sp³-hybridized carbons (Fsp3) is 0.231. The number of ether oxygens (including phenoxy) is 2. The molecule has 0 aromatic heterocycles. The van der Waals surface area contributed by atoms with E-state index in [0.717, 1.165) is 37.7 Å². The number of hydrogen-bond acceptors (Lipinski definition) is 4. The Bertz CT molecular complexity index is 1080. The average molecular weight is 399 g/mol. The minimum Gasteiger partial charge on any atom is -0.490 e. The van der Waals surface area contributed by atoms with Crippen molar-refractivity contribution in [2.24, 2.45) is 0 Å². The summed E-state index contributed by atoms with van der Waals surface area (Å²) >= 11 is 0. The quantitative estimate of drug-likeness (QED) is 0.453. The highest BCUT2D eigenvalue weighted by Crippen LogP contribution is 2.30. The SMILES string of the molecule is c1ccc2c3c(ccc2c1)OCCOc1ccc2ccccc2c1CNCCNC3. The van der Waals surface area contributed by atoms with Crippen molar-refractivity contribution in [3.63, 3.8) is 0 Å². The lowest BCUT2D eigenvalue weighted by Crippen LogP contribution is -2.27. The highest BCUT2D eigenvalue weighted by atomic mass is 16.5. The van der Waals surface area contributed by atoms with Crippen molar-refractivity contribution in [2.75, 3.05) is 26.3 Å². The van der Waals surface area contributed by atoms with Gasteiger partial charge in [0.15, 0.2) is 0 Å². The van der Waals surface area contributed by atoms with Crippen molar-refractivity contribution in [1.82, 2.24) is 10.6 Å². The molecule has 0 amide bonds. The Balaban J connectivity index is 1.43. The molecule has 30 heavy (non-hydrogen) atoms. The van der Waals surface area contributed by atoms with Crippen molar-refractivity contribution < 1.29 is 9.47 Å². The number of fused-ring (bicyclic) bond motifs is 6. The third kappa shape index (κ3) is 3.84. The van der Waals surface area contributed by atoms with Crippen LogP contribution in [0.25, 0.3) is 21.5 Å². The topological polar surface area (TPSA) is 42.5 Å². The summed E-state index contributed by atoms with van der Waals surface area (Å²) in [4.78, 5) is 0. The molecule has 0 saturated heterocycles. The molecular formula is C26H26N2O2. The molecule has 4 aromatic rings. The number of benzene rings is 4. The Morgan fingerprint density at radius 2 is 1.00 bits per heavy atom. The van der Waals surface area contributed by atoms with Crippen molar-refractivity contribution in [3.8, 4) is 11.5 Å². The third-order valence-corrected chi connectivity index (χ3v) is 5.68. The van der Waals surface area contributed by atoms with Crippen LogP contribution in [0.4, 0.5) is 0 Å².